The van der Waals surface area contributed by atoms with Gasteiger partial charge in [-0.3, -0.25) is 0 Å². The van der Waals surface area contributed by atoms with Crippen molar-refractivity contribution in [2.45, 2.75) is 32.0 Å². The maximum Gasteiger partial charge on any atom is 0.419 e. The van der Waals surface area contributed by atoms with Crippen LogP contribution >= 0.6 is 0 Å². The van der Waals surface area contributed by atoms with E-state index in [1.54, 1.807) is 6.92 Å². The van der Waals surface area contributed by atoms with Crippen molar-refractivity contribution in [1.29, 1.82) is 0 Å². The van der Waals surface area contributed by atoms with Crippen LogP contribution in [0.2, 0.25) is 0 Å². The number of hydrogen-bond acceptors (Lipinski definition) is 7. The Morgan fingerprint density at radius 2 is 2.14 bits per heavy atom. The van der Waals surface area contributed by atoms with Gasteiger partial charge in [0.25, 0.3) is 0 Å². The molecular formula is C17H18F3N7O. The topological polar surface area (TPSA) is 105 Å². The lowest BCUT2D eigenvalue weighted by atomic mass is 10.1. The third-order valence-electron chi connectivity index (χ3n) is 4.45. The van der Waals surface area contributed by atoms with Crippen molar-refractivity contribution in [3.05, 3.63) is 29.9 Å². The van der Waals surface area contributed by atoms with Gasteiger partial charge in [0.15, 0.2) is 0 Å². The highest BCUT2D eigenvalue weighted by Gasteiger charge is 2.36. The van der Waals surface area contributed by atoms with E-state index in [2.05, 4.69) is 35.7 Å². The van der Waals surface area contributed by atoms with Crippen molar-refractivity contribution in [3.63, 3.8) is 0 Å². The number of nitrogens with zero attached hydrogens (tertiary/aromatic N) is 4. The van der Waals surface area contributed by atoms with Crippen LogP contribution in [0.3, 0.4) is 0 Å². The van der Waals surface area contributed by atoms with Gasteiger partial charge in [0.1, 0.15) is 5.56 Å². The highest BCUT2D eigenvalue weighted by Crippen LogP contribution is 2.37. The van der Waals surface area contributed by atoms with Crippen molar-refractivity contribution in [2.24, 2.45) is 0 Å². The summed E-state index contributed by atoms with van der Waals surface area (Å²) >= 11 is 0. The quantitative estimate of drug-likeness (QED) is 0.626. The number of nitrogens with one attached hydrogen (secondary N) is 3. The van der Waals surface area contributed by atoms with Gasteiger partial charge in [-0.2, -0.15) is 18.2 Å². The minimum Gasteiger partial charge on any atom is -0.358 e. The largest absolute Gasteiger partial charge is 0.419 e. The Morgan fingerprint density at radius 3 is 2.82 bits per heavy atom. The van der Waals surface area contributed by atoms with E-state index in [-0.39, 0.29) is 29.1 Å². The molecule has 11 heteroatoms. The van der Waals surface area contributed by atoms with Crippen LogP contribution in [-0.4, -0.2) is 44.2 Å². The minimum atomic E-state index is -4.58. The number of anilines is 1. The summed E-state index contributed by atoms with van der Waals surface area (Å²) in [5.74, 6) is 0.782. The molecule has 148 valence electrons. The maximum atomic E-state index is 13.5. The molecule has 0 amide bonds. The number of alkyl halides is 3. The first-order valence-electron chi connectivity index (χ1n) is 8.81. The summed E-state index contributed by atoms with van der Waals surface area (Å²) in [5, 5.41) is 10.1. The lowest BCUT2D eigenvalue weighted by molar-refractivity contribution is -0.137. The van der Waals surface area contributed by atoms with E-state index in [0.29, 0.717) is 18.1 Å². The molecule has 0 radical (unpaired) electrons. The molecule has 4 heterocycles. The van der Waals surface area contributed by atoms with Gasteiger partial charge in [-0.15, -0.1) is 0 Å². The van der Waals surface area contributed by atoms with E-state index < -0.39 is 11.7 Å². The summed E-state index contributed by atoms with van der Waals surface area (Å²) < 4.78 is 45.4. The molecule has 1 fully saturated rings. The molecule has 3 aromatic rings. The zero-order valence-electron chi connectivity index (χ0n) is 15.0. The van der Waals surface area contributed by atoms with Crippen LogP contribution < -0.4 is 10.6 Å². The molecule has 1 atom stereocenters. The number of hydrogen-bond donors (Lipinski definition) is 3. The van der Waals surface area contributed by atoms with E-state index in [1.807, 2.05) is 0 Å². The molecule has 3 N–H and O–H groups in total. The monoisotopic (exact) mass is 393 g/mol. The number of piperidine rings is 1. The average molecular weight is 393 g/mol. The zero-order valence-corrected chi connectivity index (χ0v) is 15.0. The van der Waals surface area contributed by atoms with Crippen LogP contribution in [0.1, 0.15) is 24.3 Å². The minimum absolute atomic E-state index is 0.0717. The number of aryl methyl sites for hydroxylation is 1. The van der Waals surface area contributed by atoms with Crippen molar-refractivity contribution in [1.82, 2.24) is 30.4 Å². The van der Waals surface area contributed by atoms with Gasteiger partial charge < -0.3 is 20.1 Å². The predicted octanol–water partition coefficient (Wildman–Crippen LogP) is 3.01. The summed E-state index contributed by atoms with van der Waals surface area (Å²) in [6, 6.07) is 1.58. The number of rotatable bonds is 4. The number of aromatic nitrogens is 5. The number of H-pyrrole nitrogens is 1. The number of halogens is 3. The van der Waals surface area contributed by atoms with Crippen molar-refractivity contribution < 1.29 is 17.7 Å². The molecule has 0 spiro atoms. The maximum absolute atomic E-state index is 13.5. The molecule has 1 saturated heterocycles. The fraction of sp³-hybridized carbons (Fsp3) is 0.412. The summed E-state index contributed by atoms with van der Waals surface area (Å²) in [5.41, 5.74) is -0.423. The average Bonchev–Trinajstić information content (AvgIpc) is 3.30. The predicted molar refractivity (Wildman–Crippen MR) is 94.4 cm³/mol. The third-order valence-corrected chi connectivity index (χ3v) is 4.45. The first kappa shape index (κ1) is 18.4. The SMILES string of the molecule is Cc1nc(-c2cc(-c3nc(N[C@H]4CCCNC4)ncc3C(F)(F)F)c[nH]2)no1. The second kappa shape index (κ2) is 7.23. The molecule has 4 rings (SSSR count). The molecule has 0 bridgehead atoms. The zero-order chi connectivity index (χ0) is 19.7. The van der Waals surface area contributed by atoms with Gasteiger partial charge in [0.05, 0.1) is 11.4 Å². The van der Waals surface area contributed by atoms with E-state index in [4.69, 9.17) is 4.52 Å². The van der Waals surface area contributed by atoms with Gasteiger partial charge in [-0.25, -0.2) is 9.97 Å². The lowest BCUT2D eigenvalue weighted by Gasteiger charge is -2.24. The van der Waals surface area contributed by atoms with Gasteiger partial charge in [0.2, 0.25) is 17.7 Å². The van der Waals surface area contributed by atoms with Gasteiger partial charge in [-0.05, 0) is 25.5 Å². The van der Waals surface area contributed by atoms with Crippen LogP contribution in [0, 0.1) is 6.92 Å². The van der Waals surface area contributed by atoms with Gasteiger partial charge >= 0.3 is 6.18 Å². The fourth-order valence-electron chi connectivity index (χ4n) is 3.11. The van der Waals surface area contributed by atoms with E-state index in [1.165, 1.54) is 12.3 Å². The first-order valence-corrected chi connectivity index (χ1v) is 8.81. The van der Waals surface area contributed by atoms with Gasteiger partial charge in [-0.1, -0.05) is 5.16 Å². The molecule has 0 aromatic carbocycles. The Kier molecular flexibility index (Phi) is 4.75. The number of aromatic amines is 1. The van der Waals surface area contributed by atoms with E-state index in [9.17, 15) is 13.2 Å². The molecule has 0 aliphatic carbocycles. The van der Waals surface area contributed by atoms with E-state index >= 15 is 0 Å². The highest BCUT2D eigenvalue weighted by atomic mass is 19.4. The van der Waals surface area contributed by atoms with E-state index in [0.717, 1.165) is 25.6 Å². The Hall–Kier alpha value is -2.95. The first-order chi connectivity index (χ1) is 13.4. The Morgan fingerprint density at radius 1 is 1.29 bits per heavy atom. The lowest BCUT2D eigenvalue weighted by Crippen LogP contribution is -2.38. The summed E-state index contributed by atoms with van der Waals surface area (Å²) in [6.07, 6.45) is -0.453. The Bertz CT molecular complexity index is 960. The molecule has 1 aliphatic rings. The smallest absolute Gasteiger partial charge is 0.358 e. The van der Waals surface area contributed by atoms with Crippen LogP contribution in [0.25, 0.3) is 22.8 Å². The molecule has 1 aliphatic heterocycles. The van der Waals surface area contributed by atoms with Crippen molar-refractivity contribution in [3.8, 4) is 22.8 Å². The molecule has 8 nitrogen and oxygen atoms in total. The normalized spacial score (nSPS) is 17.6. The van der Waals surface area contributed by atoms with Gasteiger partial charge in [0, 0.05) is 37.5 Å². The van der Waals surface area contributed by atoms with Crippen LogP contribution in [0.5, 0.6) is 0 Å². The summed E-state index contributed by atoms with van der Waals surface area (Å²) in [7, 11) is 0. The molecule has 0 saturated carbocycles. The summed E-state index contributed by atoms with van der Waals surface area (Å²) in [4.78, 5) is 15.0. The van der Waals surface area contributed by atoms with Crippen LogP contribution in [-0.2, 0) is 6.18 Å². The second-order valence-electron chi connectivity index (χ2n) is 6.58. The van der Waals surface area contributed by atoms with Crippen molar-refractivity contribution in [2.75, 3.05) is 18.4 Å². The van der Waals surface area contributed by atoms with Crippen LogP contribution in [0.15, 0.2) is 23.0 Å². The highest BCUT2D eigenvalue weighted by molar-refractivity contribution is 5.69. The van der Waals surface area contributed by atoms with Crippen molar-refractivity contribution >= 4 is 5.95 Å². The fourth-order valence-corrected chi connectivity index (χ4v) is 3.11. The summed E-state index contributed by atoms with van der Waals surface area (Å²) in [6.45, 7) is 3.27. The molecular weight excluding hydrogens is 375 g/mol. The Balaban J connectivity index is 1.69. The van der Waals surface area contributed by atoms with Crippen LogP contribution in [0.4, 0.5) is 19.1 Å². The molecule has 28 heavy (non-hydrogen) atoms. The Labute approximate surface area is 158 Å². The second-order valence-corrected chi connectivity index (χ2v) is 6.58. The molecule has 3 aromatic heterocycles. The molecule has 0 unspecified atom stereocenters. The standard InChI is InChI=1S/C17H18F3N7O/c1-9-24-15(27-28-9)13-5-10(6-22-13)14-12(17(18,19)20)8-23-16(26-14)25-11-3-2-4-21-7-11/h5-6,8,11,21-22H,2-4,7H2,1H3,(H,23,25,26)/t11-/m0/s1. The third kappa shape index (κ3) is 3.84.